The van der Waals surface area contributed by atoms with E-state index in [0.29, 0.717) is 12.8 Å². The summed E-state index contributed by atoms with van der Waals surface area (Å²) in [7, 11) is 0. The molecule has 2 aliphatic rings. The maximum Gasteiger partial charge on any atom is 0.307 e. The van der Waals surface area contributed by atoms with Crippen LogP contribution in [0.5, 0.6) is 0 Å². The van der Waals surface area contributed by atoms with E-state index in [2.05, 4.69) is 5.32 Å². The van der Waals surface area contributed by atoms with Crippen LogP contribution < -0.4 is 5.32 Å². The van der Waals surface area contributed by atoms with Gasteiger partial charge in [0.05, 0.1) is 17.9 Å². The number of rotatable bonds is 3. The molecule has 1 saturated carbocycles. The van der Waals surface area contributed by atoms with Crippen molar-refractivity contribution in [3.8, 4) is 0 Å². The molecule has 0 spiro atoms. The van der Waals surface area contributed by atoms with Gasteiger partial charge in [0.25, 0.3) is 0 Å². The number of amides is 1. The number of aryl methyl sites for hydroxylation is 1. The van der Waals surface area contributed by atoms with Crippen molar-refractivity contribution >= 4 is 11.9 Å². The van der Waals surface area contributed by atoms with E-state index in [4.69, 9.17) is 5.11 Å². The van der Waals surface area contributed by atoms with Gasteiger partial charge in [-0.15, -0.1) is 0 Å². The normalized spacial score (nSPS) is 27.6. The molecule has 2 N–H and O–H groups in total. The zero-order valence-corrected chi connectivity index (χ0v) is 10.9. The molecule has 2 aliphatic carbocycles. The van der Waals surface area contributed by atoms with Gasteiger partial charge in [0, 0.05) is 0 Å². The van der Waals surface area contributed by atoms with Gasteiger partial charge in [-0.1, -0.05) is 6.07 Å². The van der Waals surface area contributed by atoms with Crippen LogP contribution in [0.25, 0.3) is 0 Å². The number of halogens is 1. The molecule has 1 amide bonds. The molecule has 0 aromatic heterocycles. The summed E-state index contributed by atoms with van der Waals surface area (Å²) in [5.41, 5.74) is 1.88. The van der Waals surface area contributed by atoms with E-state index >= 15 is 0 Å². The quantitative estimate of drug-likeness (QED) is 0.888. The summed E-state index contributed by atoms with van der Waals surface area (Å²) in [4.78, 5) is 23.1. The maximum atomic E-state index is 13.1. The van der Waals surface area contributed by atoms with Gasteiger partial charge in [0.1, 0.15) is 5.82 Å². The van der Waals surface area contributed by atoms with Crippen molar-refractivity contribution in [2.75, 3.05) is 0 Å². The Hall–Kier alpha value is -1.91. The van der Waals surface area contributed by atoms with Gasteiger partial charge in [-0.05, 0) is 48.9 Å². The van der Waals surface area contributed by atoms with E-state index in [9.17, 15) is 14.0 Å². The van der Waals surface area contributed by atoms with Crippen LogP contribution in [0.15, 0.2) is 18.2 Å². The highest BCUT2D eigenvalue weighted by Gasteiger charge is 2.42. The number of hydrogen-bond donors (Lipinski definition) is 2. The van der Waals surface area contributed by atoms with Crippen molar-refractivity contribution in [1.82, 2.24) is 5.32 Å². The van der Waals surface area contributed by atoms with Crippen LogP contribution in [-0.2, 0) is 16.0 Å². The molecule has 0 heterocycles. The minimum Gasteiger partial charge on any atom is -0.481 e. The summed E-state index contributed by atoms with van der Waals surface area (Å²) in [5.74, 6) is -2.32. The monoisotopic (exact) mass is 277 g/mol. The van der Waals surface area contributed by atoms with Gasteiger partial charge in [-0.3, -0.25) is 9.59 Å². The summed E-state index contributed by atoms with van der Waals surface area (Å²) >= 11 is 0. The van der Waals surface area contributed by atoms with Crippen molar-refractivity contribution in [3.05, 3.63) is 35.1 Å². The molecule has 3 atom stereocenters. The fraction of sp³-hybridized carbons (Fsp3) is 0.467. The molecule has 5 heteroatoms. The fourth-order valence-corrected chi connectivity index (χ4v) is 3.12. The Morgan fingerprint density at radius 1 is 1.20 bits per heavy atom. The first-order valence-corrected chi connectivity index (χ1v) is 6.88. The molecule has 0 saturated heterocycles. The third-order valence-corrected chi connectivity index (χ3v) is 4.43. The highest BCUT2D eigenvalue weighted by Crippen LogP contribution is 2.37. The SMILES string of the molecule is O=C(O)C1CCC1C(=O)NC1CCc2cc(F)ccc21. The van der Waals surface area contributed by atoms with Crippen LogP contribution in [0.2, 0.25) is 0 Å². The smallest absolute Gasteiger partial charge is 0.307 e. The zero-order valence-electron chi connectivity index (χ0n) is 10.9. The second-order valence-corrected chi connectivity index (χ2v) is 5.57. The van der Waals surface area contributed by atoms with Gasteiger partial charge in [0.2, 0.25) is 5.91 Å². The van der Waals surface area contributed by atoms with Crippen molar-refractivity contribution in [1.29, 1.82) is 0 Å². The molecule has 1 fully saturated rings. The number of carboxylic acids is 1. The highest BCUT2D eigenvalue weighted by atomic mass is 19.1. The molecule has 1 aromatic carbocycles. The van der Waals surface area contributed by atoms with Crippen molar-refractivity contribution in [2.24, 2.45) is 11.8 Å². The molecule has 3 rings (SSSR count). The first-order valence-electron chi connectivity index (χ1n) is 6.88. The Kier molecular flexibility index (Phi) is 3.20. The Bertz CT molecular complexity index is 572. The Balaban J connectivity index is 1.68. The molecule has 0 aliphatic heterocycles. The van der Waals surface area contributed by atoms with Crippen LogP contribution in [0.3, 0.4) is 0 Å². The van der Waals surface area contributed by atoms with Gasteiger partial charge < -0.3 is 10.4 Å². The number of hydrogen-bond acceptors (Lipinski definition) is 2. The summed E-state index contributed by atoms with van der Waals surface area (Å²) in [6.07, 6.45) is 2.69. The molecular formula is C15H16FNO3. The zero-order chi connectivity index (χ0) is 14.3. The number of nitrogens with one attached hydrogen (secondary N) is 1. The van der Waals surface area contributed by atoms with E-state index in [-0.39, 0.29) is 17.8 Å². The van der Waals surface area contributed by atoms with Gasteiger partial charge in [-0.25, -0.2) is 4.39 Å². The average molecular weight is 277 g/mol. The lowest BCUT2D eigenvalue weighted by atomic mass is 9.73. The largest absolute Gasteiger partial charge is 0.481 e. The number of carbonyl (C=O) groups is 2. The molecule has 3 unspecified atom stereocenters. The Morgan fingerprint density at radius 2 is 1.95 bits per heavy atom. The average Bonchev–Trinajstić information content (AvgIpc) is 2.69. The number of aliphatic carboxylic acids is 1. The first-order chi connectivity index (χ1) is 9.56. The predicted molar refractivity (Wildman–Crippen MR) is 69.5 cm³/mol. The van der Waals surface area contributed by atoms with E-state index < -0.39 is 17.8 Å². The number of fused-ring (bicyclic) bond motifs is 1. The van der Waals surface area contributed by atoms with E-state index in [1.54, 1.807) is 6.07 Å². The van der Waals surface area contributed by atoms with Crippen molar-refractivity contribution in [3.63, 3.8) is 0 Å². The Labute approximate surface area is 116 Å². The molecule has 0 radical (unpaired) electrons. The van der Waals surface area contributed by atoms with Crippen LogP contribution in [0.1, 0.15) is 36.4 Å². The summed E-state index contributed by atoms with van der Waals surface area (Å²) < 4.78 is 13.1. The van der Waals surface area contributed by atoms with Crippen molar-refractivity contribution < 1.29 is 19.1 Å². The van der Waals surface area contributed by atoms with E-state index in [1.165, 1.54) is 12.1 Å². The minimum atomic E-state index is -0.898. The van der Waals surface area contributed by atoms with E-state index in [0.717, 1.165) is 24.0 Å². The lowest BCUT2D eigenvalue weighted by molar-refractivity contribution is -0.153. The Morgan fingerprint density at radius 3 is 2.60 bits per heavy atom. The minimum absolute atomic E-state index is 0.117. The fourth-order valence-electron chi connectivity index (χ4n) is 3.12. The number of benzene rings is 1. The third kappa shape index (κ3) is 2.17. The molecule has 0 bridgehead atoms. The maximum absolute atomic E-state index is 13.1. The lowest BCUT2D eigenvalue weighted by Gasteiger charge is -2.33. The molecule has 4 nitrogen and oxygen atoms in total. The van der Waals surface area contributed by atoms with E-state index in [1.807, 2.05) is 0 Å². The standard InChI is InChI=1S/C15H16FNO3/c16-9-2-3-10-8(7-9)1-6-13(10)17-14(18)11-4-5-12(11)15(19)20/h2-3,7,11-13H,1,4-6H2,(H,17,18)(H,19,20). The third-order valence-electron chi connectivity index (χ3n) is 4.43. The number of carboxylic acid groups (broad SMARTS) is 1. The van der Waals surface area contributed by atoms with Gasteiger partial charge in [-0.2, -0.15) is 0 Å². The molecular weight excluding hydrogens is 261 g/mol. The topological polar surface area (TPSA) is 66.4 Å². The summed E-state index contributed by atoms with van der Waals surface area (Å²) in [5, 5.41) is 11.9. The second-order valence-electron chi connectivity index (χ2n) is 5.57. The summed E-state index contributed by atoms with van der Waals surface area (Å²) in [6.45, 7) is 0. The van der Waals surface area contributed by atoms with Crippen LogP contribution >= 0.6 is 0 Å². The molecule has 106 valence electrons. The van der Waals surface area contributed by atoms with Gasteiger partial charge in [0.15, 0.2) is 0 Å². The van der Waals surface area contributed by atoms with Crippen LogP contribution in [0, 0.1) is 17.7 Å². The molecule has 1 aromatic rings. The number of carbonyl (C=O) groups excluding carboxylic acids is 1. The first kappa shape index (κ1) is 13.1. The van der Waals surface area contributed by atoms with Crippen LogP contribution in [-0.4, -0.2) is 17.0 Å². The second kappa shape index (κ2) is 4.89. The van der Waals surface area contributed by atoms with Crippen molar-refractivity contribution in [2.45, 2.75) is 31.7 Å². The predicted octanol–water partition coefficient (Wildman–Crippen LogP) is 2.04. The molecule has 20 heavy (non-hydrogen) atoms. The van der Waals surface area contributed by atoms with Gasteiger partial charge >= 0.3 is 5.97 Å². The lowest BCUT2D eigenvalue weighted by Crippen LogP contribution is -2.44. The highest BCUT2D eigenvalue weighted by molar-refractivity contribution is 5.86. The summed E-state index contributed by atoms with van der Waals surface area (Å²) in [6, 6.07) is 4.49. The van der Waals surface area contributed by atoms with Crippen LogP contribution in [0.4, 0.5) is 4.39 Å².